The van der Waals surface area contributed by atoms with Crippen LogP contribution < -0.4 is 9.47 Å². The van der Waals surface area contributed by atoms with Crippen molar-refractivity contribution in [3.05, 3.63) is 94.0 Å². The monoisotopic (exact) mass is 434 g/mol. The van der Waals surface area contributed by atoms with Gasteiger partial charge in [-0.25, -0.2) is 5.01 Å². The summed E-state index contributed by atoms with van der Waals surface area (Å²) in [5.74, 6) is 1.69. The molecule has 140 valence electrons. The van der Waals surface area contributed by atoms with Crippen molar-refractivity contribution in [3.63, 3.8) is 0 Å². The summed E-state index contributed by atoms with van der Waals surface area (Å²) in [4.78, 5) is 0. The number of hydrazone groups is 1. The maximum Gasteiger partial charge on any atom is 0.217 e. The highest BCUT2D eigenvalue weighted by atomic mass is 79.9. The number of halogens is 1. The molecule has 0 spiro atoms. The molecule has 0 amide bonds. The van der Waals surface area contributed by atoms with Gasteiger partial charge in [-0.2, -0.15) is 5.10 Å². The Balaban J connectivity index is 1.64. The Labute approximate surface area is 172 Å². The van der Waals surface area contributed by atoms with Gasteiger partial charge in [0.05, 0.1) is 24.4 Å². The molecule has 4 nitrogen and oxygen atoms in total. The molecular weight excluding hydrogens is 416 g/mol. The van der Waals surface area contributed by atoms with Gasteiger partial charge in [0.2, 0.25) is 6.23 Å². The second-order valence-electron chi connectivity index (χ2n) is 6.91. The lowest BCUT2D eigenvalue weighted by atomic mass is 9.96. The maximum absolute atomic E-state index is 6.43. The Morgan fingerprint density at radius 1 is 1.00 bits per heavy atom. The van der Waals surface area contributed by atoms with Crippen LogP contribution in [0, 0.1) is 0 Å². The molecule has 0 saturated carbocycles. The Bertz CT molecular complexity index is 1050. The Hall–Kier alpha value is -2.79. The third-order valence-corrected chi connectivity index (χ3v) is 5.76. The maximum atomic E-state index is 6.43. The highest BCUT2D eigenvalue weighted by Gasteiger charge is 2.41. The number of hydrogen-bond donors (Lipinski definition) is 0. The van der Waals surface area contributed by atoms with E-state index in [0.717, 1.165) is 44.8 Å². The number of para-hydroxylation sites is 1. The summed E-state index contributed by atoms with van der Waals surface area (Å²) in [6, 6.07) is 24.6. The first-order valence-electron chi connectivity index (χ1n) is 9.25. The molecule has 0 unspecified atom stereocenters. The van der Waals surface area contributed by atoms with Gasteiger partial charge in [-0.15, -0.1) is 0 Å². The van der Waals surface area contributed by atoms with Crippen LogP contribution in [-0.2, 0) is 0 Å². The van der Waals surface area contributed by atoms with Crippen LogP contribution in [0.4, 0.5) is 0 Å². The lowest BCUT2D eigenvalue weighted by Crippen LogP contribution is -2.34. The highest BCUT2D eigenvalue weighted by Crippen LogP contribution is 2.49. The van der Waals surface area contributed by atoms with Crippen LogP contribution in [0.2, 0.25) is 0 Å². The van der Waals surface area contributed by atoms with Crippen LogP contribution in [0.25, 0.3) is 0 Å². The molecule has 2 heterocycles. The zero-order valence-corrected chi connectivity index (χ0v) is 17.0. The molecule has 0 aliphatic carbocycles. The molecule has 2 aliphatic heterocycles. The molecule has 0 saturated heterocycles. The summed E-state index contributed by atoms with van der Waals surface area (Å²) in [6.07, 6.45) is 0.499. The average Bonchev–Trinajstić information content (AvgIpc) is 3.20. The number of rotatable bonds is 3. The summed E-state index contributed by atoms with van der Waals surface area (Å²) in [5.41, 5.74) is 4.34. The first-order chi connectivity index (χ1) is 13.7. The number of methoxy groups -OCH3 is 1. The molecule has 0 radical (unpaired) electrons. The molecule has 2 aliphatic rings. The zero-order valence-electron chi connectivity index (χ0n) is 15.4. The van der Waals surface area contributed by atoms with Crippen LogP contribution >= 0.6 is 15.9 Å². The quantitative estimate of drug-likeness (QED) is 0.529. The second kappa shape index (κ2) is 6.99. The van der Waals surface area contributed by atoms with E-state index in [0.29, 0.717) is 0 Å². The molecule has 0 fully saturated rings. The molecule has 5 heteroatoms. The number of hydrogen-bond acceptors (Lipinski definition) is 4. The van der Waals surface area contributed by atoms with E-state index < -0.39 is 0 Å². The second-order valence-corrected chi connectivity index (χ2v) is 7.82. The van der Waals surface area contributed by atoms with Crippen molar-refractivity contribution in [3.8, 4) is 11.5 Å². The molecule has 3 aromatic carbocycles. The van der Waals surface area contributed by atoms with Gasteiger partial charge in [0.25, 0.3) is 0 Å². The van der Waals surface area contributed by atoms with E-state index in [2.05, 4.69) is 39.1 Å². The minimum atomic E-state index is -0.337. The standard InChI is InChI=1S/C23H19BrN2O2/c1-27-21-10-6-5-9-17(21)23-26-20(18-13-16(24)11-12-22(18)28-23)14-19(25-26)15-7-3-2-4-8-15/h2-13,20,23H,14H2,1H3/t20-,23-/m1/s1. The van der Waals surface area contributed by atoms with Crippen LogP contribution in [0.15, 0.2) is 82.4 Å². The normalized spacial score (nSPS) is 20.1. The minimum Gasteiger partial charge on any atom is -0.496 e. The largest absolute Gasteiger partial charge is 0.496 e. The summed E-state index contributed by atoms with van der Waals surface area (Å²) < 4.78 is 13.1. The molecular formula is C23H19BrN2O2. The van der Waals surface area contributed by atoms with E-state index >= 15 is 0 Å². The molecule has 0 bridgehead atoms. The Kier molecular flexibility index (Phi) is 4.32. The van der Waals surface area contributed by atoms with E-state index in [4.69, 9.17) is 14.6 Å². The summed E-state index contributed by atoms with van der Waals surface area (Å²) in [5, 5.41) is 7.07. The molecule has 2 atom stereocenters. The van der Waals surface area contributed by atoms with Crippen LogP contribution in [0.5, 0.6) is 11.5 Å². The summed E-state index contributed by atoms with van der Waals surface area (Å²) >= 11 is 3.60. The van der Waals surface area contributed by atoms with Crippen molar-refractivity contribution in [2.75, 3.05) is 7.11 Å². The molecule has 28 heavy (non-hydrogen) atoms. The van der Waals surface area contributed by atoms with E-state index in [1.807, 2.05) is 54.6 Å². The van der Waals surface area contributed by atoms with Crippen LogP contribution in [0.3, 0.4) is 0 Å². The van der Waals surface area contributed by atoms with Gasteiger partial charge in [0.1, 0.15) is 11.5 Å². The highest BCUT2D eigenvalue weighted by molar-refractivity contribution is 9.10. The van der Waals surface area contributed by atoms with E-state index in [1.165, 1.54) is 0 Å². The van der Waals surface area contributed by atoms with E-state index in [-0.39, 0.29) is 12.3 Å². The molecule has 5 rings (SSSR count). The Morgan fingerprint density at radius 3 is 2.61 bits per heavy atom. The predicted octanol–water partition coefficient (Wildman–Crippen LogP) is 5.70. The van der Waals surface area contributed by atoms with E-state index in [1.54, 1.807) is 7.11 Å². The summed E-state index contributed by atoms with van der Waals surface area (Å²) in [6.45, 7) is 0. The molecule has 3 aromatic rings. The number of ether oxygens (including phenoxy) is 2. The van der Waals surface area contributed by atoms with Crippen LogP contribution in [0.1, 0.15) is 35.4 Å². The van der Waals surface area contributed by atoms with Gasteiger partial charge in [-0.3, -0.25) is 0 Å². The first-order valence-corrected chi connectivity index (χ1v) is 10.0. The molecule has 0 aromatic heterocycles. The lowest BCUT2D eigenvalue weighted by Gasteiger charge is -2.38. The fraction of sp³-hybridized carbons (Fsp3) is 0.174. The van der Waals surface area contributed by atoms with Crippen molar-refractivity contribution in [1.82, 2.24) is 5.01 Å². The Morgan fingerprint density at radius 2 is 1.79 bits per heavy atom. The third-order valence-electron chi connectivity index (χ3n) is 5.26. The van der Waals surface area contributed by atoms with Crippen molar-refractivity contribution in [2.45, 2.75) is 18.7 Å². The van der Waals surface area contributed by atoms with Crippen LogP contribution in [-0.4, -0.2) is 17.8 Å². The molecule has 0 N–H and O–H groups in total. The van der Waals surface area contributed by atoms with Crippen molar-refractivity contribution < 1.29 is 9.47 Å². The number of benzene rings is 3. The first kappa shape index (κ1) is 17.3. The topological polar surface area (TPSA) is 34.1 Å². The summed E-state index contributed by atoms with van der Waals surface area (Å²) in [7, 11) is 1.69. The van der Waals surface area contributed by atoms with Crippen molar-refractivity contribution in [2.24, 2.45) is 5.10 Å². The van der Waals surface area contributed by atoms with Gasteiger partial charge in [-0.05, 0) is 35.9 Å². The van der Waals surface area contributed by atoms with Crippen molar-refractivity contribution in [1.29, 1.82) is 0 Å². The van der Waals surface area contributed by atoms with E-state index in [9.17, 15) is 0 Å². The van der Waals surface area contributed by atoms with Gasteiger partial charge >= 0.3 is 0 Å². The van der Waals surface area contributed by atoms with Gasteiger partial charge in [0, 0.05) is 16.5 Å². The predicted molar refractivity (Wildman–Crippen MR) is 113 cm³/mol. The van der Waals surface area contributed by atoms with Gasteiger partial charge < -0.3 is 9.47 Å². The smallest absolute Gasteiger partial charge is 0.217 e. The lowest BCUT2D eigenvalue weighted by molar-refractivity contribution is -0.0203. The number of fused-ring (bicyclic) bond motifs is 3. The van der Waals surface area contributed by atoms with Gasteiger partial charge in [0.15, 0.2) is 0 Å². The van der Waals surface area contributed by atoms with Gasteiger partial charge in [-0.1, -0.05) is 58.4 Å². The SMILES string of the molecule is COc1ccccc1[C@H]1Oc2ccc(Br)cc2[C@H]2CC(c3ccccc3)=NN21. The zero-order chi connectivity index (χ0) is 19.1. The van der Waals surface area contributed by atoms with Crippen molar-refractivity contribution >= 4 is 21.6 Å². The number of nitrogens with zero attached hydrogens (tertiary/aromatic N) is 2. The third kappa shape index (κ3) is 2.87. The fourth-order valence-corrected chi connectivity index (χ4v) is 4.32. The fourth-order valence-electron chi connectivity index (χ4n) is 3.94. The average molecular weight is 435 g/mol. The minimum absolute atomic E-state index is 0.117.